The Kier molecular flexibility index (Phi) is 3.27. The highest BCUT2D eigenvalue weighted by molar-refractivity contribution is 9.10. The van der Waals surface area contributed by atoms with Crippen LogP contribution in [0.4, 0.5) is 4.39 Å². The van der Waals surface area contributed by atoms with Gasteiger partial charge in [0.15, 0.2) is 5.58 Å². The molecule has 0 atom stereocenters. The molecule has 1 heterocycles. The van der Waals surface area contributed by atoms with E-state index in [9.17, 15) is 4.39 Å². The summed E-state index contributed by atoms with van der Waals surface area (Å²) in [6.45, 7) is 6.80. The van der Waals surface area contributed by atoms with Gasteiger partial charge in [0.05, 0.1) is 16.1 Å². The first-order valence-corrected chi connectivity index (χ1v) is 6.27. The lowest BCUT2D eigenvalue weighted by molar-refractivity contribution is 0.423. The standard InChI is InChI=1S/C13H15BrFNO/c1-13(2,3)16-6-8-7-17-12-9(14)4-5-10(15)11(8)12/h4-5,7,16H,6H2,1-3H3. The van der Waals surface area contributed by atoms with Gasteiger partial charge in [-0.15, -0.1) is 0 Å². The van der Waals surface area contributed by atoms with Crippen LogP contribution in [0.15, 0.2) is 27.3 Å². The lowest BCUT2D eigenvalue weighted by Crippen LogP contribution is -2.35. The third-order valence-electron chi connectivity index (χ3n) is 2.51. The summed E-state index contributed by atoms with van der Waals surface area (Å²) in [5.41, 5.74) is 1.40. The molecule has 1 aromatic heterocycles. The third-order valence-corrected chi connectivity index (χ3v) is 3.13. The average Bonchev–Trinajstić information content (AvgIpc) is 2.64. The molecule has 2 rings (SSSR count). The van der Waals surface area contributed by atoms with Gasteiger partial charge in [-0.3, -0.25) is 0 Å². The van der Waals surface area contributed by atoms with Gasteiger partial charge in [-0.05, 0) is 48.8 Å². The van der Waals surface area contributed by atoms with Crippen LogP contribution in [-0.4, -0.2) is 5.54 Å². The summed E-state index contributed by atoms with van der Waals surface area (Å²) >= 11 is 3.35. The van der Waals surface area contributed by atoms with E-state index in [-0.39, 0.29) is 11.4 Å². The van der Waals surface area contributed by atoms with Crippen LogP contribution in [0.3, 0.4) is 0 Å². The Hall–Kier alpha value is -0.870. The van der Waals surface area contributed by atoms with Gasteiger partial charge in [0, 0.05) is 17.6 Å². The summed E-state index contributed by atoms with van der Waals surface area (Å²) in [6, 6.07) is 3.10. The van der Waals surface area contributed by atoms with Crippen molar-refractivity contribution in [2.45, 2.75) is 32.9 Å². The number of hydrogen-bond acceptors (Lipinski definition) is 2. The predicted octanol–water partition coefficient (Wildman–Crippen LogP) is 4.22. The molecule has 0 aliphatic carbocycles. The van der Waals surface area contributed by atoms with E-state index >= 15 is 0 Å². The van der Waals surface area contributed by atoms with Crippen molar-refractivity contribution in [3.63, 3.8) is 0 Å². The monoisotopic (exact) mass is 299 g/mol. The molecule has 1 aromatic carbocycles. The molecule has 17 heavy (non-hydrogen) atoms. The molecule has 2 nitrogen and oxygen atoms in total. The van der Waals surface area contributed by atoms with Crippen molar-refractivity contribution in [3.05, 3.63) is 34.2 Å². The van der Waals surface area contributed by atoms with Gasteiger partial charge < -0.3 is 9.73 Å². The number of hydrogen-bond donors (Lipinski definition) is 1. The van der Waals surface area contributed by atoms with E-state index in [1.54, 1.807) is 12.3 Å². The fraction of sp³-hybridized carbons (Fsp3) is 0.385. The quantitative estimate of drug-likeness (QED) is 0.898. The van der Waals surface area contributed by atoms with Crippen LogP contribution in [0, 0.1) is 5.82 Å². The van der Waals surface area contributed by atoms with Gasteiger partial charge in [0.25, 0.3) is 0 Å². The summed E-state index contributed by atoms with van der Waals surface area (Å²) in [7, 11) is 0. The third kappa shape index (κ3) is 2.69. The molecule has 0 saturated carbocycles. The van der Waals surface area contributed by atoms with Gasteiger partial charge in [0.2, 0.25) is 0 Å². The van der Waals surface area contributed by atoms with Crippen molar-refractivity contribution in [1.82, 2.24) is 5.32 Å². The van der Waals surface area contributed by atoms with Crippen LogP contribution in [-0.2, 0) is 6.54 Å². The number of furan rings is 1. The number of benzene rings is 1. The van der Waals surface area contributed by atoms with Crippen LogP contribution in [0.1, 0.15) is 26.3 Å². The van der Waals surface area contributed by atoms with E-state index in [0.29, 0.717) is 17.5 Å². The number of rotatable bonds is 2. The second-order valence-corrected chi connectivity index (χ2v) is 5.95. The molecule has 0 amide bonds. The molecular formula is C13H15BrFNO. The zero-order valence-corrected chi connectivity index (χ0v) is 11.7. The maximum Gasteiger partial charge on any atom is 0.151 e. The molecule has 0 saturated heterocycles. The summed E-state index contributed by atoms with van der Waals surface area (Å²) in [4.78, 5) is 0. The normalized spacial score (nSPS) is 12.3. The minimum absolute atomic E-state index is 0.00786. The maximum atomic E-state index is 13.8. The van der Waals surface area contributed by atoms with Crippen molar-refractivity contribution >= 4 is 26.9 Å². The van der Waals surface area contributed by atoms with Crippen molar-refractivity contribution in [2.75, 3.05) is 0 Å². The Morgan fingerprint density at radius 1 is 1.35 bits per heavy atom. The predicted molar refractivity (Wildman–Crippen MR) is 70.5 cm³/mol. The molecule has 0 radical (unpaired) electrons. The molecule has 4 heteroatoms. The molecule has 0 fully saturated rings. The summed E-state index contributed by atoms with van der Waals surface area (Å²) < 4.78 is 19.9. The summed E-state index contributed by atoms with van der Waals surface area (Å²) in [6.07, 6.45) is 1.61. The molecule has 92 valence electrons. The lowest BCUT2D eigenvalue weighted by atomic mass is 10.1. The van der Waals surface area contributed by atoms with Gasteiger partial charge in [-0.2, -0.15) is 0 Å². The molecule has 1 N–H and O–H groups in total. The Morgan fingerprint density at radius 2 is 2.06 bits per heavy atom. The van der Waals surface area contributed by atoms with Crippen molar-refractivity contribution in [1.29, 1.82) is 0 Å². The second kappa shape index (κ2) is 4.42. The topological polar surface area (TPSA) is 25.2 Å². The van der Waals surface area contributed by atoms with E-state index < -0.39 is 0 Å². The second-order valence-electron chi connectivity index (χ2n) is 5.10. The van der Waals surface area contributed by atoms with Crippen LogP contribution < -0.4 is 5.32 Å². The minimum atomic E-state index is -0.248. The lowest BCUT2D eigenvalue weighted by Gasteiger charge is -2.20. The Morgan fingerprint density at radius 3 is 2.71 bits per heavy atom. The molecule has 0 aliphatic heterocycles. The van der Waals surface area contributed by atoms with Gasteiger partial charge in [-0.1, -0.05) is 0 Å². The van der Waals surface area contributed by atoms with Gasteiger partial charge in [0.1, 0.15) is 5.82 Å². The van der Waals surface area contributed by atoms with Crippen molar-refractivity contribution < 1.29 is 8.81 Å². The van der Waals surface area contributed by atoms with Crippen LogP contribution in [0.2, 0.25) is 0 Å². The average molecular weight is 300 g/mol. The maximum absolute atomic E-state index is 13.8. The smallest absolute Gasteiger partial charge is 0.151 e. The van der Waals surface area contributed by atoms with Gasteiger partial charge >= 0.3 is 0 Å². The Bertz CT molecular complexity index is 542. The number of halogens is 2. The zero-order valence-electron chi connectivity index (χ0n) is 10.1. The largest absolute Gasteiger partial charge is 0.463 e. The molecule has 0 spiro atoms. The summed E-state index contributed by atoms with van der Waals surface area (Å²) in [5.74, 6) is -0.248. The Balaban J connectivity index is 2.39. The number of nitrogens with one attached hydrogen (secondary N) is 1. The van der Waals surface area contributed by atoms with Crippen LogP contribution in [0.25, 0.3) is 11.0 Å². The Labute approximate surface area is 108 Å². The van der Waals surface area contributed by atoms with E-state index in [4.69, 9.17) is 4.42 Å². The van der Waals surface area contributed by atoms with E-state index in [1.807, 2.05) is 0 Å². The fourth-order valence-corrected chi connectivity index (χ4v) is 2.05. The zero-order chi connectivity index (χ0) is 12.6. The van der Waals surface area contributed by atoms with Crippen molar-refractivity contribution in [3.8, 4) is 0 Å². The van der Waals surface area contributed by atoms with E-state index in [0.717, 1.165) is 10.0 Å². The number of fused-ring (bicyclic) bond motifs is 1. The molecule has 0 aliphatic rings. The minimum Gasteiger partial charge on any atom is -0.463 e. The van der Waals surface area contributed by atoms with E-state index in [1.165, 1.54) is 6.07 Å². The SMILES string of the molecule is CC(C)(C)NCc1coc2c(Br)ccc(F)c12. The fourth-order valence-electron chi connectivity index (χ4n) is 1.63. The molecular weight excluding hydrogens is 285 g/mol. The molecule has 0 unspecified atom stereocenters. The first-order valence-electron chi connectivity index (χ1n) is 5.47. The molecule has 2 aromatic rings. The molecule has 0 bridgehead atoms. The van der Waals surface area contributed by atoms with Crippen LogP contribution >= 0.6 is 15.9 Å². The first-order chi connectivity index (χ1) is 7.88. The van der Waals surface area contributed by atoms with Crippen molar-refractivity contribution in [2.24, 2.45) is 0 Å². The van der Waals surface area contributed by atoms with Crippen LogP contribution in [0.5, 0.6) is 0 Å². The highest BCUT2D eigenvalue weighted by Gasteiger charge is 2.15. The van der Waals surface area contributed by atoms with E-state index in [2.05, 4.69) is 42.0 Å². The highest BCUT2D eigenvalue weighted by atomic mass is 79.9. The first kappa shape index (κ1) is 12.6. The van der Waals surface area contributed by atoms with Gasteiger partial charge in [-0.25, -0.2) is 4.39 Å². The summed E-state index contributed by atoms with van der Waals surface area (Å²) in [5, 5.41) is 3.87. The highest BCUT2D eigenvalue weighted by Crippen LogP contribution is 2.30.